The number of ketones is 1. The first-order chi connectivity index (χ1) is 8.63. The van der Waals surface area contributed by atoms with Crippen molar-refractivity contribution in [2.45, 2.75) is 37.7 Å². The van der Waals surface area contributed by atoms with Crippen LogP contribution in [0.25, 0.3) is 10.7 Å². The summed E-state index contributed by atoms with van der Waals surface area (Å²) in [6.07, 6.45) is 0. The number of hydrogen-bond donors (Lipinski definition) is 0. The fourth-order valence-corrected chi connectivity index (χ4v) is 3.12. The predicted octanol–water partition coefficient (Wildman–Crippen LogP) is 3.10. The van der Waals surface area contributed by atoms with Gasteiger partial charge < -0.3 is 4.57 Å². The molecule has 96 valence electrons. The van der Waals surface area contributed by atoms with Crippen LogP contribution >= 0.6 is 23.1 Å². The van der Waals surface area contributed by atoms with Crippen LogP contribution in [0.15, 0.2) is 22.7 Å². The van der Waals surface area contributed by atoms with E-state index in [1.165, 1.54) is 11.8 Å². The quantitative estimate of drug-likeness (QED) is 0.790. The molecule has 2 aromatic heterocycles. The smallest absolute Gasteiger partial charge is 0.192 e. The molecular weight excluding hydrogens is 266 g/mol. The van der Waals surface area contributed by atoms with E-state index in [4.69, 9.17) is 0 Å². The third kappa shape index (κ3) is 2.64. The summed E-state index contributed by atoms with van der Waals surface area (Å²) in [5.41, 5.74) is 0. The van der Waals surface area contributed by atoms with Gasteiger partial charge in [-0.15, -0.1) is 21.5 Å². The standard InChI is InChI=1S/C12H15N3OS2/c1-4-15-11(10-6-5-7-17-10)13-14-12(15)18-9(3)8(2)16/h5-7,9H,4H2,1-3H3. The highest BCUT2D eigenvalue weighted by Crippen LogP contribution is 2.29. The van der Waals surface area contributed by atoms with Gasteiger partial charge in [-0.25, -0.2) is 0 Å². The molecule has 0 fully saturated rings. The molecule has 0 aliphatic rings. The molecule has 2 rings (SSSR count). The minimum Gasteiger partial charge on any atom is -0.302 e. The second kappa shape index (κ2) is 5.67. The van der Waals surface area contributed by atoms with E-state index >= 15 is 0 Å². The van der Waals surface area contributed by atoms with E-state index in [2.05, 4.69) is 21.7 Å². The minimum absolute atomic E-state index is 0.0873. The topological polar surface area (TPSA) is 47.8 Å². The molecule has 0 radical (unpaired) electrons. The third-order valence-electron chi connectivity index (χ3n) is 2.63. The highest BCUT2D eigenvalue weighted by Gasteiger charge is 2.18. The highest BCUT2D eigenvalue weighted by atomic mass is 32.2. The molecule has 0 amide bonds. The zero-order chi connectivity index (χ0) is 13.1. The highest BCUT2D eigenvalue weighted by molar-refractivity contribution is 8.00. The lowest BCUT2D eigenvalue weighted by molar-refractivity contribution is -0.116. The first-order valence-corrected chi connectivity index (χ1v) is 7.53. The van der Waals surface area contributed by atoms with Gasteiger partial charge in [-0.2, -0.15) is 0 Å². The average molecular weight is 281 g/mol. The lowest BCUT2D eigenvalue weighted by Crippen LogP contribution is -2.10. The maximum Gasteiger partial charge on any atom is 0.192 e. The van der Waals surface area contributed by atoms with E-state index in [0.29, 0.717) is 0 Å². The van der Waals surface area contributed by atoms with Crippen LogP contribution in [0.3, 0.4) is 0 Å². The summed E-state index contributed by atoms with van der Waals surface area (Å²) in [5, 5.41) is 11.2. The Morgan fingerprint density at radius 3 is 2.89 bits per heavy atom. The number of thiophene rings is 1. The molecule has 0 aliphatic heterocycles. The number of rotatable bonds is 5. The normalized spacial score (nSPS) is 12.6. The van der Waals surface area contributed by atoms with Gasteiger partial charge >= 0.3 is 0 Å². The predicted molar refractivity (Wildman–Crippen MR) is 75.0 cm³/mol. The van der Waals surface area contributed by atoms with E-state index in [1.807, 2.05) is 24.4 Å². The van der Waals surface area contributed by atoms with Gasteiger partial charge in [0, 0.05) is 6.54 Å². The van der Waals surface area contributed by atoms with Crippen LogP contribution in [-0.4, -0.2) is 25.8 Å². The van der Waals surface area contributed by atoms with Crippen molar-refractivity contribution in [3.63, 3.8) is 0 Å². The summed E-state index contributed by atoms with van der Waals surface area (Å²) in [5.74, 6) is 1.04. The summed E-state index contributed by atoms with van der Waals surface area (Å²) < 4.78 is 2.05. The number of thioether (sulfide) groups is 1. The van der Waals surface area contributed by atoms with Crippen molar-refractivity contribution in [1.82, 2.24) is 14.8 Å². The monoisotopic (exact) mass is 281 g/mol. The lowest BCUT2D eigenvalue weighted by atomic mass is 10.3. The van der Waals surface area contributed by atoms with Crippen LogP contribution in [0.1, 0.15) is 20.8 Å². The van der Waals surface area contributed by atoms with Crippen LogP contribution in [-0.2, 0) is 11.3 Å². The molecule has 1 atom stereocenters. The number of carbonyl (C=O) groups excluding carboxylic acids is 1. The molecule has 0 aliphatic carbocycles. The SMILES string of the molecule is CCn1c(SC(C)C(C)=O)nnc1-c1cccs1. The Kier molecular flexibility index (Phi) is 4.19. The van der Waals surface area contributed by atoms with Gasteiger partial charge in [-0.05, 0) is 32.2 Å². The molecule has 18 heavy (non-hydrogen) atoms. The van der Waals surface area contributed by atoms with Gasteiger partial charge in [0.2, 0.25) is 0 Å². The fourth-order valence-electron chi connectivity index (χ4n) is 1.49. The number of hydrogen-bond acceptors (Lipinski definition) is 5. The maximum atomic E-state index is 11.3. The van der Waals surface area contributed by atoms with Gasteiger partial charge in [0.25, 0.3) is 0 Å². The number of aromatic nitrogens is 3. The molecule has 0 bridgehead atoms. The number of Topliss-reactive ketones (excluding diaryl/α,β-unsaturated/α-hetero) is 1. The zero-order valence-corrected chi connectivity index (χ0v) is 12.2. The third-order valence-corrected chi connectivity index (χ3v) is 4.69. The van der Waals surface area contributed by atoms with Crippen LogP contribution < -0.4 is 0 Å². The van der Waals surface area contributed by atoms with E-state index in [0.717, 1.165) is 22.4 Å². The summed E-state index contributed by atoms with van der Waals surface area (Å²) >= 11 is 3.11. The molecule has 0 spiro atoms. The van der Waals surface area contributed by atoms with Gasteiger partial charge in [0.15, 0.2) is 11.0 Å². The molecule has 0 saturated carbocycles. The van der Waals surface area contributed by atoms with Crippen molar-refractivity contribution < 1.29 is 4.79 Å². The molecule has 0 saturated heterocycles. The van der Waals surface area contributed by atoms with Crippen molar-refractivity contribution in [2.75, 3.05) is 0 Å². The van der Waals surface area contributed by atoms with Crippen molar-refractivity contribution in [2.24, 2.45) is 0 Å². The van der Waals surface area contributed by atoms with Gasteiger partial charge in [0.1, 0.15) is 5.78 Å². The van der Waals surface area contributed by atoms with E-state index in [9.17, 15) is 4.79 Å². The van der Waals surface area contributed by atoms with E-state index < -0.39 is 0 Å². The Labute approximate surface area is 114 Å². The number of carbonyl (C=O) groups is 1. The van der Waals surface area contributed by atoms with Gasteiger partial charge in [-0.1, -0.05) is 17.8 Å². The molecular formula is C12H15N3OS2. The molecule has 2 aromatic rings. The maximum absolute atomic E-state index is 11.3. The van der Waals surface area contributed by atoms with Gasteiger partial charge in [0.05, 0.1) is 10.1 Å². The van der Waals surface area contributed by atoms with Crippen LogP contribution in [0.4, 0.5) is 0 Å². The molecule has 4 nitrogen and oxygen atoms in total. The lowest BCUT2D eigenvalue weighted by Gasteiger charge is -2.08. The van der Waals surface area contributed by atoms with Crippen molar-refractivity contribution in [1.29, 1.82) is 0 Å². The molecule has 0 N–H and O–H groups in total. The summed E-state index contributed by atoms with van der Waals surface area (Å²) in [6.45, 7) is 6.35. The van der Waals surface area contributed by atoms with Gasteiger partial charge in [-0.3, -0.25) is 4.79 Å². The Balaban J connectivity index is 2.30. The largest absolute Gasteiger partial charge is 0.302 e. The van der Waals surface area contributed by atoms with Crippen molar-refractivity contribution >= 4 is 28.9 Å². The van der Waals surface area contributed by atoms with Crippen molar-refractivity contribution in [3.05, 3.63) is 17.5 Å². The Morgan fingerprint density at radius 1 is 1.56 bits per heavy atom. The van der Waals surface area contributed by atoms with Crippen LogP contribution in [0, 0.1) is 0 Å². The molecule has 0 aromatic carbocycles. The van der Waals surface area contributed by atoms with Crippen LogP contribution in [0.5, 0.6) is 0 Å². The molecule has 6 heteroatoms. The second-order valence-corrected chi connectivity index (χ2v) is 6.15. The molecule has 1 unspecified atom stereocenters. The summed E-state index contributed by atoms with van der Waals surface area (Å²) in [4.78, 5) is 12.4. The van der Waals surface area contributed by atoms with Crippen molar-refractivity contribution in [3.8, 4) is 10.7 Å². The minimum atomic E-state index is -0.0873. The molecule has 2 heterocycles. The van der Waals surface area contributed by atoms with E-state index in [-0.39, 0.29) is 11.0 Å². The summed E-state index contributed by atoms with van der Waals surface area (Å²) in [7, 11) is 0. The second-order valence-electron chi connectivity index (χ2n) is 3.90. The zero-order valence-electron chi connectivity index (χ0n) is 10.6. The average Bonchev–Trinajstić information content (AvgIpc) is 2.96. The van der Waals surface area contributed by atoms with E-state index in [1.54, 1.807) is 18.3 Å². The Morgan fingerprint density at radius 2 is 2.33 bits per heavy atom. The number of nitrogens with zero attached hydrogens (tertiary/aromatic N) is 3. The summed E-state index contributed by atoms with van der Waals surface area (Å²) in [6, 6.07) is 4.03. The fraction of sp³-hybridized carbons (Fsp3) is 0.417. The Hall–Kier alpha value is -1.14. The Bertz CT molecular complexity index is 534. The first-order valence-electron chi connectivity index (χ1n) is 5.77. The first kappa shape index (κ1) is 13.3. The van der Waals surface area contributed by atoms with Crippen LogP contribution in [0.2, 0.25) is 0 Å².